The van der Waals surface area contributed by atoms with E-state index in [1.54, 1.807) is 3.57 Å². The molecule has 0 bridgehead atoms. The Balaban J connectivity index is 2.55. The van der Waals surface area contributed by atoms with Crippen LogP contribution in [0.4, 0.5) is 0 Å². The van der Waals surface area contributed by atoms with Crippen LogP contribution < -0.4 is 0 Å². The summed E-state index contributed by atoms with van der Waals surface area (Å²) in [5.41, 5.74) is 0. The summed E-state index contributed by atoms with van der Waals surface area (Å²) < 4.78 is 3.02. The van der Waals surface area contributed by atoms with Crippen LogP contribution >= 0.6 is 31.6 Å². The second-order valence-electron chi connectivity index (χ2n) is 2.36. The van der Waals surface area contributed by atoms with Crippen LogP contribution in [0.15, 0.2) is 38.7 Å². The molecule has 1 aliphatic heterocycles. The number of fused-ring (bicyclic) bond motifs is 1. The van der Waals surface area contributed by atoms with Crippen molar-refractivity contribution < 1.29 is 0 Å². The third kappa shape index (κ3) is 1.22. The molecule has 1 heterocycles. The van der Waals surface area contributed by atoms with Gasteiger partial charge in [0.2, 0.25) is 0 Å². The normalized spacial score (nSPS) is 18.6. The molecule has 1 aromatic carbocycles. The van der Waals surface area contributed by atoms with Crippen molar-refractivity contribution in [2.75, 3.05) is 4.93 Å². The van der Waals surface area contributed by atoms with Gasteiger partial charge in [-0.1, -0.05) is 0 Å². The molecular formula is C9H9IS. The minimum atomic E-state index is -0.940. The summed E-state index contributed by atoms with van der Waals surface area (Å²) in [7, 11) is 0. The molecule has 0 nitrogen and oxygen atoms in total. The Kier molecular flexibility index (Phi) is 1.97. The van der Waals surface area contributed by atoms with Crippen molar-refractivity contribution in [1.82, 2.24) is 0 Å². The van der Waals surface area contributed by atoms with Gasteiger partial charge in [-0.3, -0.25) is 0 Å². The Morgan fingerprint density at radius 1 is 1.36 bits per heavy atom. The van der Waals surface area contributed by atoms with Gasteiger partial charge in [-0.25, -0.2) is 0 Å². The molecule has 0 aromatic heterocycles. The van der Waals surface area contributed by atoms with E-state index >= 15 is 0 Å². The van der Waals surface area contributed by atoms with E-state index < -0.39 is 19.8 Å². The van der Waals surface area contributed by atoms with E-state index in [4.69, 9.17) is 0 Å². The zero-order valence-electron chi connectivity index (χ0n) is 6.30. The van der Waals surface area contributed by atoms with Crippen LogP contribution in [0.5, 0.6) is 0 Å². The summed E-state index contributed by atoms with van der Waals surface area (Å²) in [5.74, 6) is 0. The van der Waals surface area contributed by atoms with E-state index in [0.29, 0.717) is 0 Å². The third-order valence-electron chi connectivity index (χ3n) is 1.68. The summed E-state index contributed by atoms with van der Waals surface area (Å²) in [4.78, 5) is 3.82. The summed E-state index contributed by atoms with van der Waals surface area (Å²) in [6, 6.07) is 8.69. The molecule has 2 rings (SSSR count). The van der Waals surface area contributed by atoms with Crippen molar-refractivity contribution >= 4 is 31.6 Å². The van der Waals surface area contributed by atoms with Crippen molar-refractivity contribution in [2.24, 2.45) is 0 Å². The molecule has 2 heteroatoms. The summed E-state index contributed by atoms with van der Waals surface area (Å²) >= 11 is 0.934. The van der Waals surface area contributed by atoms with Crippen molar-refractivity contribution in [1.29, 1.82) is 0 Å². The van der Waals surface area contributed by atoms with E-state index in [0.717, 1.165) is 0 Å². The number of rotatable bonds is 0. The minimum absolute atomic E-state index is 0.940. The molecule has 0 amide bonds. The van der Waals surface area contributed by atoms with Crippen LogP contribution in [-0.2, 0) is 0 Å². The number of benzene rings is 1. The van der Waals surface area contributed by atoms with Gasteiger partial charge in [0.15, 0.2) is 0 Å². The van der Waals surface area contributed by atoms with Gasteiger partial charge in [-0.05, 0) is 0 Å². The first-order valence-corrected chi connectivity index (χ1v) is 8.48. The predicted molar refractivity (Wildman–Crippen MR) is 60.1 cm³/mol. The quantitative estimate of drug-likeness (QED) is 0.515. The van der Waals surface area contributed by atoms with Crippen LogP contribution in [-0.4, -0.2) is 4.93 Å². The molecule has 1 aromatic rings. The number of hydrogen-bond acceptors (Lipinski definition) is 1. The number of alkyl halides is 1. The first kappa shape index (κ1) is 7.68. The second-order valence-corrected chi connectivity index (χ2v) is 9.39. The standard InChI is InChI=1S/C9H9IS/c1-7-10(2)8-5-3-4-6-9(8)11-7/h3-6H,1H2,2H3. The van der Waals surface area contributed by atoms with E-state index in [1.165, 1.54) is 7.81 Å². The van der Waals surface area contributed by atoms with Gasteiger partial charge in [0.1, 0.15) is 0 Å². The van der Waals surface area contributed by atoms with Crippen LogP contribution in [0.1, 0.15) is 0 Å². The molecule has 0 fully saturated rings. The fraction of sp³-hybridized carbons (Fsp3) is 0.111. The second kappa shape index (κ2) is 2.83. The van der Waals surface area contributed by atoms with Crippen molar-refractivity contribution in [3.8, 4) is 0 Å². The molecule has 11 heavy (non-hydrogen) atoms. The Morgan fingerprint density at radius 3 is 2.82 bits per heavy atom. The third-order valence-corrected chi connectivity index (χ3v) is 9.54. The van der Waals surface area contributed by atoms with Gasteiger partial charge in [-0.2, -0.15) is 0 Å². The SMILES string of the molecule is C=C1Sc2ccccc2I1C. The number of hydrogen-bond donors (Lipinski definition) is 0. The molecule has 0 N–H and O–H groups in total. The molecular weight excluding hydrogens is 267 g/mol. The molecule has 0 saturated heterocycles. The van der Waals surface area contributed by atoms with Crippen molar-refractivity contribution in [2.45, 2.75) is 4.90 Å². The van der Waals surface area contributed by atoms with Gasteiger partial charge in [0.25, 0.3) is 0 Å². The van der Waals surface area contributed by atoms with Gasteiger partial charge >= 0.3 is 78.7 Å². The molecule has 0 radical (unpaired) electrons. The molecule has 0 saturated carbocycles. The Hall–Kier alpha value is 0.0400. The van der Waals surface area contributed by atoms with Crippen LogP contribution in [0, 0.1) is 3.57 Å². The van der Waals surface area contributed by atoms with Gasteiger partial charge in [-0.15, -0.1) is 0 Å². The fourth-order valence-corrected chi connectivity index (χ4v) is 7.46. The van der Waals surface area contributed by atoms with Gasteiger partial charge in [0.05, 0.1) is 0 Å². The van der Waals surface area contributed by atoms with Crippen LogP contribution in [0.25, 0.3) is 0 Å². The van der Waals surface area contributed by atoms with Gasteiger partial charge in [0, 0.05) is 0 Å². The predicted octanol–water partition coefficient (Wildman–Crippen LogP) is 3.57. The average molecular weight is 276 g/mol. The fourth-order valence-electron chi connectivity index (χ4n) is 1.05. The number of thioether (sulfide) groups is 1. The average Bonchev–Trinajstić information content (AvgIpc) is 2.30. The topological polar surface area (TPSA) is 0 Å². The molecule has 1 aliphatic rings. The molecule has 0 unspecified atom stereocenters. The summed E-state index contributed by atoms with van der Waals surface area (Å²) in [6.45, 7) is 4.08. The van der Waals surface area contributed by atoms with E-state index in [9.17, 15) is 0 Å². The van der Waals surface area contributed by atoms with E-state index in [2.05, 4.69) is 35.8 Å². The summed E-state index contributed by atoms with van der Waals surface area (Å²) in [5, 5.41) is 0. The maximum atomic E-state index is 4.08. The van der Waals surface area contributed by atoms with E-state index in [-0.39, 0.29) is 0 Å². The molecule has 0 spiro atoms. The Morgan fingerprint density at radius 2 is 2.09 bits per heavy atom. The first-order chi connectivity index (χ1) is 5.29. The van der Waals surface area contributed by atoms with E-state index in [1.807, 2.05) is 11.8 Å². The summed E-state index contributed by atoms with van der Waals surface area (Å²) in [6.07, 6.45) is 0. The molecule has 0 aliphatic carbocycles. The molecule has 58 valence electrons. The first-order valence-electron chi connectivity index (χ1n) is 3.35. The monoisotopic (exact) mass is 276 g/mol. The van der Waals surface area contributed by atoms with Crippen LogP contribution in [0.3, 0.4) is 0 Å². The number of halogens is 1. The van der Waals surface area contributed by atoms with Crippen molar-refractivity contribution in [3.63, 3.8) is 0 Å². The zero-order valence-corrected chi connectivity index (χ0v) is 9.28. The Labute approximate surface area is 78.5 Å². The maximum absolute atomic E-state index is 4.08. The van der Waals surface area contributed by atoms with Crippen LogP contribution in [0.2, 0.25) is 0 Å². The van der Waals surface area contributed by atoms with Gasteiger partial charge < -0.3 is 0 Å². The molecule has 0 atom stereocenters. The zero-order chi connectivity index (χ0) is 7.84. The Bertz CT molecular complexity index is 306. The van der Waals surface area contributed by atoms with Crippen molar-refractivity contribution in [3.05, 3.63) is 37.3 Å².